The van der Waals surface area contributed by atoms with E-state index in [2.05, 4.69) is 5.32 Å². The molecule has 1 fully saturated rings. The second-order valence-electron chi connectivity index (χ2n) is 7.58. The third-order valence-corrected chi connectivity index (χ3v) is 6.15. The highest BCUT2D eigenvalue weighted by Crippen LogP contribution is 2.28. The van der Waals surface area contributed by atoms with Gasteiger partial charge in [0.05, 0.1) is 5.69 Å². The van der Waals surface area contributed by atoms with E-state index in [0.717, 1.165) is 62.9 Å². The Morgan fingerprint density at radius 1 is 1.11 bits per heavy atom. The number of rotatable bonds is 3. The summed E-state index contributed by atoms with van der Waals surface area (Å²) in [4.78, 5) is 15.3. The van der Waals surface area contributed by atoms with Crippen LogP contribution in [0.4, 0.5) is 0 Å². The zero-order valence-electron chi connectivity index (χ0n) is 16.3. The Bertz CT molecular complexity index is 811. The van der Waals surface area contributed by atoms with Crippen molar-refractivity contribution in [2.45, 2.75) is 51.0 Å². The Kier molecular flexibility index (Phi) is 7.02. The first kappa shape index (κ1) is 21.2. The molecule has 152 valence electrons. The topological polar surface area (TPSA) is 50.2 Å². The van der Waals surface area contributed by atoms with Gasteiger partial charge in [-0.25, -0.2) is 4.68 Å². The number of nitrogens with one attached hydrogen (secondary N) is 1. The normalized spacial score (nSPS) is 17.6. The third-order valence-electron chi connectivity index (χ3n) is 5.89. The van der Waals surface area contributed by atoms with Crippen LogP contribution in [-0.4, -0.2) is 46.8 Å². The van der Waals surface area contributed by atoms with Gasteiger partial charge < -0.3 is 10.2 Å². The molecule has 0 unspecified atom stereocenters. The molecule has 2 aromatic rings. The number of carbonyl (C=O) groups is 1. The third kappa shape index (κ3) is 4.22. The molecule has 7 heteroatoms. The summed E-state index contributed by atoms with van der Waals surface area (Å²) in [6.45, 7) is 1.60. The van der Waals surface area contributed by atoms with Crippen molar-refractivity contribution >= 4 is 29.9 Å². The number of aromatic nitrogens is 2. The molecule has 1 aromatic carbocycles. The summed E-state index contributed by atoms with van der Waals surface area (Å²) in [6, 6.07) is 8.23. The quantitative estimate of drug-likeness (QED) is 0.759. The Morgan fingerprint density at radius 2 is 1.79 bits per heavy atom. The lowest BCUT2D eigenvalue weighted by molar-refractivity contribution is 0.0699. The van der Waals surface area contributed by atoms with Gasteiger partial charge in [-0.1, -0.05) is 18.0 Å². The number of fused-ring (bicyclic) bond motifs is 1. The summed E-state index contributed by atoms with van der Waals surface area (Å²) in [5, 5.41) is 8.85. The lowest BCUT2D eigenvalue weighted by Crippen LogP contribution is -2.44. The molecule has 2 aliphatic rings. The van der Waals surface area contributed by atoms with E-state index in [1.165, 1.54) is 12.1 Å². The summed E-state index contributed by atoms with van der Waals surface area (Å²) in [7, 11) is 2.00. The maximum absolute atomic E-state index is 13.3. The van der Waals surface area contributed by atoms with E-state index >= 15 is 0 Å². The zero-order chi connectivity index (χ0) is 18.8. The van der Waals surface area contributed by atoms with Gasteiger partial charge in [0, 0.05) is 35.4 Å². The number of carbonyl (C=O) groups excluding carboxylic acids is 1. The first-order valence-corrected chi connectivity index (χ1v) is 10.4. The fourth-order valence-corrected chi connectivity index (χ4v) is 4.39. The fourth-order valence-electron chi connectivity index (χ4n) is 4.26. The molecule has 0 spiro atoms. The van der Waals surface area contributed by atoms with Crippen LogP contribution in [0.2, 0.25) is 5.02 Å². The molecule has 1 N–H and O–H groups in total. The smallest absolute Gasteiger partial charge is 0.274 e. The van der Waals surface area contributed by atoms with Gasteiger partial charge in [0.25, 0.3) is 5.91 Å². The molecule has 2 heterocycles. The largest absolute Gasteiger partial charge is 0.337 e. The number of likely N-dealkylation sites (tertiary alicyclic amines) is 1. The predicted molar refractivity (Wildman–Crippen MR) is 115 cm³/mol. The van der Waals surface area contributed by atoms with Crippen molar-refractivity contribution in [3.8, 4) is 5.69 Å². The maximum atomic E-state index is 13.3. The van der Waals surface area contributed by atoms with Crippen LogP contribution in [0.1, 0.15) is 53.8 Å². The van der Waals surface area contributed by atoms with Crippen LogP contribution in [0.5, 0.6) is 0 Å². The lowest BCUT2D eigenvalue weighted by Gasteiger charge is -2.31. The van der Waals surface area contributed by atoms with Crippen LogP contribution in [0.3, 0.4) is 0 Å². The first-order valence-electron chi connectivity index (χ1n) is 10.0. The molecule has 5 nitrogen and oxygen atoms in total. The lowest BCUT2D eigenvalue weighted by atomic mass is 10.0. The van der Waals surface area contributed by atoms with Crippen LogP contribution in [0.15, 0.2) is 24.3 Å². The number of piperidine rings is 1. The Balaban J connectivity index is 0.00000225. The van der Waals surface area contributed by atoms with Crippen LogP contribution in [0.25, 0.3) is 5.69 Å². The van der Waals surface area contributed by atoms with E-state index in [1.807, 2.05) is 40.9 Å². The standard InChI is InChI=1S/C21H27ClN4O.ClH/c1-23-16-11-13-25(14-12-16)21(27)20-18-5-3-2-4-6-19(18)26(24-20)17-9-7-15(22)8-10-17;/h7-10,16,23H,2-6,11-14H2,1H3;1H. The fraction of sp³-hybridized carbons (Fsp3) is 0.524. The number of hydrogen-bond acceptors (Lipinski definition) is 3. The highest BCUT2D eigenvalue weighted by Gasteiger charge is 2.29. The van der Waals surface area contributed by atoms with E-state index < -0.39 is 0 Å². The summed E-state index contributed by atoms with van der Waals surface area (Å²) in [6.07, 6.45) is 7.40. The van der Waals surface area contributed by atoms with E-state index in [0.29, 0.717) is 16.8 Å². The minimum absolute atomic E-state index is 0. The molecule has 1 aromatic heterocycles. The van der Waals surface area contributed by atoms with Crippen LogP contribution in [-0.2, 0) is 12.8 Å². The monoisotopic (exact) mass is 422 g/mol. The van der Waals surface area contributed by atoms with Crippen LogP contribution in [0, 0.1) is 0 Å². The Labute approximate surface area is 177 Å². The number of halogens is 2. The van der Waals surface area contributed by atoms with Crippen molar-refractivity contribution in [3.05, 3.63) is 46.2 Å². The van der Waals surface area contributed by atoms with Crippen molar-refractivity contribution in [1.29, 1.82) is 0 Å². The van der Waals surface area contributed by atoms with Gasteiger partial charge in [0.1, 0.15) is 0 Å². The molecule has 0 bridgehead atoms. The van der Waals surface area contributed by atoms with E-state index in [9.17, 15) is 4.79 Å². The van der Waals surface area contributed by atoms with Crippen molar-refractivity contribution in [2.24, 2.45) is 0 Å². The average Bonchev–Trinajstić information content (AvgIpc) is 2.89. The van der Waals surface area contributed by atoms with Gasteiger partial charge in [-0.3, -0.25) is 4.79 Å². The summed E-state index contributed by atoms with van der Waals surface area (Å²) >= 11 is 6.05. The number of hydrogen-bond donors (Lipinski definition) is 1. The van der Waals surface area contributed by atoms with Crippen LogP contribution < -0.4 is 5.32 Å². The first-order chi connectivity index (χ1) is 13.2. The van der Waals surface area contributed by atoms with Crippen LogP contribution >= 0.6 is 24.0 Å². The van der Waals surface area contributed by atoms with Gasteiger partial charge in [0.15, 0.2) is 5.69 Å². The molecule has 0 saturated carbocycles. The molecular weight excluding hydrogens is 395 g/mol. The number of benzene rings is 1. The highest BCUT2D eigenvalue weighted by molar-refractivity contribution is 6.30. The summed E-state index contributed by atoms with van der Waals surface area (Å²) < 4.78 is 1.98. The van der Waals surface area contributed by atoms with Gasteiger partial charge in [-0.15, -0.1) is 12.4 Å². The molecule has 4 rings (SSSR count). The van der Waals surface area contributed by atoms with E-state index in [1.54, 1.807) is 0 Å². The molecule has 1 aliphatic heterocycles. The predicted octanol–water partition coefficient (Wildman–Crippen LogP) is 4.04. The highest BCUT2D eigenvalue weighted by atomic mass is 35.5. The second kappa shape index (κ2) is 9.29. The van der Waals surface area contributed by atoms with Crippen molar-refractivity contribution < 1.29 is 4.79 Å². The minimum Gasteiger partial charge on any atom is -0.337 e. The van der Waals surface area contributed by atoms with Gasteiger partial charge >= 0.3 is 0 Å². The summed E-state index contributed by atoms with van der Waals surface area (Å²) in [5.74, 6) is 0.0930. The molecule has 1 saturated heterocycles. The van der Waals surface area contributed by atoms with Crippen molar-refractivity contribution in [3.63, 3.8) is 0 Å². The number of nitrogens with zero attached hydrogens (tertiary/aromatic N) is 3. The molecular formula is C21H28Cl2N4O. The second-order valence-corrected chi connectivity index (χ2v) is 8.01. The molecule has 0 radical (unpaired) electrons. The Hall–Kier alpha value is -1.56. The zero-order valence-corrected chi connectivity index (χ0v) is 17.9. The summed E-state index contributed by atoms with van der Waals surface area (Å²) in [5.41, 5.74) is 3.99. The van der Waals surface area contributed by atoms with Gasteiger partial charge in [-0.2, -0.15) is 5.10 Å². The SMILES string of the molecule is CNC1CCN(C(=O)c2nn(-c3ccc(Cl)cc3)c3c2CCCCC3)CC1.Cl. The Morgan fingerprint density at radius 3 is 2.46 bits per heavy atom. The molecule has 0 atom stereocenters. The van der Waals surface area contributed by atoms with E-state index in [-0.39, 0.29) is 18.3 Å². The van der Waals surface area contributed by atoms with Crippen molar-refractivity contribution in [1.82, 2.24) is 20.0 Å². The van der Waals surface area contributed by atoms with Gasteiger partial charge in [0.2, 0.25) is 0 Å². The molecule has 1 aliphatic carbocycles. The maximum Gasteiger partial charge on any atom is 0.274 e. The molecule has 1 amide bonds. The van der Waals surface area contributed by atoms with E-state index in [4.69, 9.17) is 16.7 Å². The molecule has 28 heavy (non-hydrogen) atoms. The minimum atomic E-state index is 0. The van der Waals surface area contributed by atoms with Gasteiger partial charge in [-0.05, 0) is 69.8 Å². The average molecular weight is 423 g/mol. The number of amides is 1. The van der Waals surface area contributed by atoms with Crippen molar-refractivity contribution in [2.75, 3.05) is 20.1 Å².